The molecular weight excluding hydrogens is 274 g/mol. The molecule has 0 aliphatic carbocycles. The van der Waals surface area contributed by atoms with Gasteiger partial charge in [0.15, 0.2) is 0 Å². The van der Waals surface area contributed by atoms with E-state index in [9.17, 15) is 0 Å². The number of hydrogen-bond donors (Lipinski definition) is 1. The predicted octanol–water partition coefficient (Wildman–Crippen LogP) is 4.02. The molecule has 98 valence electrons. The van der Waals surface area contributed by atoms with Crippen molar-refractivity contribution in [3.8, 4) is 21.0 Å². The number of anilines is 1. The zero-order valence-electron chi connectivity index (χ0n) is 10.9. The largest absolute Gasteiger partial charge is 0.383 e. The monoisotopic (exact) mass is 289 g/mol. The highest BCUT2D eigenvalue weighted by molar-refractivity contribution is 7.14. The zero-order valence-corrected chi connectivity index (χ0v) is 12.5. The van der Waals surface area contributed by atoms with Crippen LogP contribution in [0.15, 0.2) is 29.0 Å². The van der Waals surface area contributed by atoms with Crippen molar-refractivity contribution >= 4 is 28.5 Å². The van der Waals surface area contributed by atoms with Crippen molar-refractivity contribution < 1.29 is 0 Å². The molecular formula is C14H15N3S2. The molecule has 5 heteroatoms. The maximum atomic E-state index is 6.20. The zero-order chi connectivity index (χ0) is 13.4. The van der Waals surface area contributed by atoms with Crippen LogP contribution >= 0.6 is 22.7 Å². The van der Waals surface area contributed by atoms with Crippen molar-refractivity contribution in [2.24, 2.45) is 7.05 Å². The van der Waals surface area contributed by atoms with Crippen LogP contribution in [0, 0.1) is 0 Å². The quantitative estimate of drug-likeness (QED) is 0.791. The van der Waals surface area contributed by atoms with E-state index in [2.05, 4.69) is 34.9 Å². The van der Waals surface area contributed by atoms with Gasteiger partial charge in [-0.2, -0.15) is 5.10 Å². The second kappa shape index (κ2) is 4.83. The molecule has 0 amide bonds. The Morgan fingerprint density at radius 3 is 2.79 bits per heavy atom. The average molecular weight is 289 g/mol. The lowest BCUT2D eigenvalue weighted by molar-refractivity contribution is 0.782. The fraction of sp³-hybridized carbons (Fsp3) is 0.214. The number of aryl methyl sites for hydroxylation is 2. The van der Waals surface area contributed by atoms with Gasteiger partial charge in [-0.25, -0.2) is 0 Å². The van der Waals surface area contributed by atoms with Crippen LogP contribution in [0.3, 0.4) is 0 Å². The average Bonchev–Trinajstić information content (AvgIpc) is 3.11. The summed E-state index contributed by atoms with van der Waals surface area (Å²) in [5.41, 5.74) is 9.61. The van der Waals surface area contributed by atoms with Crippen molar-refractivity contribution in [3.63, 3.8) is 0 Å². The molecule has 0 spiro atoms. The van der Waals surface area contributed by atoms with Gasteiger partial charge in [-0.1, -0.05) is 13.0 Å². The molecule has 0 aliphatic rings. The minimum Gasteiger partial charge on any atom is -0.383 e. The lowest BCUT2D eigenvalue weighted by Gasteiger charge is -2.01. The first-order valence-electron chi connectivity index (χ1n) is 6.15. The summed E-state index contributed by atoms with van der Waals surface area (Å²) in [5.74, 6) is 0.730. The third kappa shape index (κ3) is 1.99. The summed E-state index contributed by atoms with van der Waals surface area (Å²) in [7, 11) is 1.90. The third-order valence-electron chi connectivity index (χ3n) is 3.20. The first kappa shape index (κ1) is 12.4. The number of thiophene rings is 2. The van der Waals surface area contributed by atoms with E-state index in [0.29, 0.717) is 0 Å². The third-order valence-corrected chi connectivity index (χ3v) is 5.05. The van der Waals surface area contributed by atoms with E-state index >= 15 is 0 Å². The maximum Gasteiger partial charge on any atom is 0.130 e. The van der Waals surface area contributed by atoms with Gasteiger partial charge in [0.05, 0.1) is 10.4 Å². The van der Waals surface area contributed by atoms with Crippen molar-refractivity contribution in [1.29, 1.82) is 0 Å². The molecule has 0 unspecified atom stereocenters. The molecule has 0 atom stereocenters. The molecule has 0 radical (unpaired) electrons. The molecule has 0 saturated carbocycles. The Morgan fingerprint density at radius 1 is 1.26 bits per heavy atom. The van der Waals surface area contributed by atoms with Crippen LogP contribution in [0.1, 0.15) is 12.5 Å². The second-order valence-electron chi connectivity index (χ2n) is 4.34. The molecule has 3 aromatic heterocycles. The van der Waals surface area contributed by atoms with Gasteiger partial charge in [-0.15, -0.1) is 22.7 Å². The maximum absolute atomic E-state index is 6.20. The highest BCUT2D eigenvalue weighted by Crippen LogP contribution is 2.41. The van der Waals surface area contributed by atoms with Crippen molar-refractivity contribution in [1.82, 2.24) is 9.78 Å². The van der Waals surface area contributed by atoms with Gasteiger partial charge in [-0.3, -0.25) is 4.68 Å². The topological polar surface area (TPSA) is 43.8 Å². The van der Waals surface area contributed by atoms with Gasteiger partial charge in [0.1, 0.15) is 11.5 Å². The van der Waals surface area contributed by atoms with E-state index in [1.54, 1.807) is 27.4 Å². The molecule has 3 aromatic rings. The summed E-state index contributed by atoms with van der Waals surface area (Å²) in [6.07, 6.45) is 1.01. The predicted molar refractivity (Wildman–Crippen MR) is 83.6 cm³/mol. The number of rotatable bonds is 3. The Morgan fingerprint density at radius 2 is 2.11 bits per heavy atom. The van der Waals surface area contributed by atoms with E-state index in [1.165, 1.54) is 15.3 Å². The highest BCUT2D eigenvalue weighted by atomic mass is 32.1. The first-order valence-corrected chi connectivity index (χ1v) is 7.91. The van der Waals surface area contributed by atoms with Crippen LogP contribution in [0.5, 0.6) is 0 Å². The Balaban J connectivity index is 2.25. The summed E-state index contributed by atoms with van der Waals surface area (Å²) in [6.45, 7) is 2.17. The Kier molecular flexibility index (Phi) is 3.16. The van der Waals surface area contributed by atoms with Gasteiger partial charge >= 0.3 is 0 Å². The molecule has 0 aliphatic heterocycles. The number of nitrogens with two attached hydrogens (primary N) is 1. The fourth-order valence-electron chi connectivity index (χ4n) is 2.18. The minimum atomic E-state index is 0.730. The van der Waals surface area contributed by atoms with E-state index in [-0.39, 0.29) is 0 Å². The molecule has 19 heavy (non-hydrogen) atoms. The fourth-order valence-corrected chi connectivity index (χ4v) is 3.95. The highest BCUT2D eigenvalue weighted by Gasteiger charge is 2.20. The van der Waals surface area contributed by atoms with Crippen LogP contribution in [0.25, 0.3) is 21.0 Å². The molecule has 0 saturated heterocycles. The standard InChI is InChI=1S/C14H15N3S2/c1-3-9-6-8-19-13(9)12-11(10-5-4-7-18-10)14(15)17(2)16-12/h4-8H,3,15H2,1-2H3. The van der Waals surface area contributed by atoms with Gasteiger partial charge in [-0.05, 0) is 34.9 Å². The molecule has 2 N–H and O–H groups in total. The van der Waals surface area contributed by atoms with Crippen molar-refractivity contribution in [3.05, 3.63) is 34.5 Å². The molecule has 3 heterocycles. The van der Waals surface area contributed by atoms with E-state index < -0.39 is 0 Å². The summed E-state index contributed by atoms with van der Waals surface area (Å²) in [5, 5.41) is 8.82. The summed E-state index contributed by atoms with van der Waals surface area (Å²) in [6, 6.07) is 6.31. The lowest BCUT2D eigenvalue weighted by Crippen LogP contribution is -1.97. The van der Waals surface area contributed by atoms with E-state index in [1.807, 2.05) is 13.1 Å². The SMILES string of the molecule is CCc1ccsc1-c1nn(C)c(N)c1-c1cccs1. The lowest BCUT2D eigenvalue weighted by atomic mass is 10.1. The Labute approximate surface area is 120 Å². The first-order chi connectivity index (χ1) is 9.22. The van der Waals surface area contributed by atoms with E-state index in [0.717, 1.165) is 23.5 Å². The van der Waals surface area contributed by atoms with Gasteiger partial charge in [0, 0.05) is 11.9 Å². The normalized spacial score (nSPS) is 11.1. The minimum absolute atomic E-state index is 0.730. The van der Waals surface area contributed by atoms with Gasteiger partial charge in [0.25, 0.3) is 0 Å². The molecule has 3 rings (SSSR count). The van der Waals surface area contributed by atoms with Crippen LogP contribution in [0.2, 0.25) is 0 Å². The molecule has 0 bridgehead atoms. The Bertz CT molecular complexity index is 692. The van der Waals surface area contributed by atoms with Crippen LogP contribution in [0.4, 0.5) is 5.82 Å². The number of nitrogens with zero attached hydrogens (tertiary/aromatic N) is 2. The molecule has 3 nitrogen and oxygen atoms in total. The Hall–Kier alpha value is -1.59. The van der Waals surface area contributed by atoms with Crippen molar-refractivity contribution in [2.45, 2.75) is 13.3 Å². The van der Waals surface area contributed by atoms with Crippen LogP contribution in [-0.2, 0) is 13.5 Å². The van der Waals surface area contributed by atoms with Crippen molar-refractivity contribution in [2.75, 3.05) is 5.73 Å². The molecule has 0 aromatic carbocycles. The van der Waals surface area contributed by atoms with Crippen LogP contribution < -0.4 is 5.73 Å². The number of nitrogen functional groups attached to an aromatic ring is 1. The molecule has 0 fully saturated rings. The smallest absolute Gasteiger partial charge is 0.130 e. The number of aromatic nitrogens is 2. The van der Waals surface area contributed by atoms with Gasteiger partial charge in [0.2, 0.25) is 0 Å². The van der Waals surface area contributed by atoms with Crippen LogP contribution in [-0.4, -0.2) is 9.78 Å². The van der Waals surface area contributed by atoms with E-state index in [4.69, 9.17) is 5.73 Å². The number of hydrogen-bond acceptors (Lipinski definition) is 4. The summed E-state index contributed by atoms with van der Waals surface area (Å²) in [4.78, 5) is 2.41. The summed E-state index contributed by atoms with van der Waals surface area (Å²) < 4.78 is 1.77. The second-order valence-corrected chi connectivity index (χ2v) is 6.20. The summed E-state index contributed by atoms with van der Waals surface area (Å²) >= 11 is 3.43. The van der Waals surface area contributed by atoms with Gasteiger partial charge < -0.3 is 5.73 Å².